The van der Waals surface area contributed by atoms with Crippen LogP contribution in [0, 0.1) is 5.82 Å². The topological polar surface area (TPSA) is 24.1 Å². The van der Waals surface area contributed by atoms with Crippen LogP contribution in [-0.2, 0) is 6.54 Å². The summed E-state index contributed by atoms with van der Waals surface area (Å²) < 4.78 is 13.0. The summed E-state index contributed by atoms with van der Waals surface area (Å²) in [6.45, 7) is 5.80. The number of hydrogen-bond donors (Lipinski definition) is 2. The maximum Gasteiger partial charge on any atom is 0.123 e. The van der Waals surface area contributed by atoms with E-state index in [-0.39, 0.29) is 5.82 Å². The van der Waals surface area contributed by atoms with Gasteiger partial charge in [-0.05, 0) is 29.8 Å². The summed E-state index contributed by atoms with van der Waals surface area (Å²) in [7, 11) is 0. The van der Waals surface area contributed by atoms with Gasteiger partial charge in [-0.15, -0.1) is 0 Å². The van der Waals surface area contributed by atoms with E-state index in [1.165, 1.54) is 5.56 Å². The Bertz CT molecular complexity index is 338. The van der Waals surface area contributed by atoms with E-state index in [1.54, 1.807) is 12.1 Å². The predicted octanol–water partition coefficient (Wildman–Crippen LogP) is 1.62. The molecule has 82 valence electrons. The molecule has 1 aliphatic heterocycles. The van der Waals surface area contributed by atoms with E-state index in [0.717, 1.165) is 31.7 Å². The van der Waals surface area contributed by atoms with Gasteiger partial charge in [0, 0.05) is 25.6 Å². The van der Waals surface area contributed by atoms with Gasteiger partial charge in [-0.1, -0.05) is 13.0 Å². The van der Waals surface area contributed by atoms with Gasteiger partial charge in [-0.25, -0.2) is 4.39 Å². The number of benzene rings is 1. The first-order valence-corrected chi connectivity index (χ1v) is 5.51. The summed E-state index contributed by atoms with van der Waals surface area (Å²) in [6.07, 6.45) is 0. The molecule has 0 saturated heterocycles. The van der Waals surface area contributed by atoms with Crippen LogP contribution in [0.25, 0.3) is 0 Å². The molecule has 1 aromatic rings. The lowest BCUT2D eigenvalue weighted by molar-refractivity contribution is 0.505. The molecule has 0 aliphatic carbocycles. The summed E-state index contributed by atoms with van der Waals surface area (Å²) in [5.41, 5.74) is 2.39. The minimum Gasteiger partial charge on any atom is -0.316 e. The fourth-order valence-corrected chi connectivity index (χ4v) is 2.12. The Morgan fingerprint density at radius 2 is 2.40 bits per heavy atom. The van der Waals surface area contributed by atoms with E-state index >= 15 is 0 Å². The molecule has 1 aliphatic rings. The summed E-state index contributed by atoms with van der Waals surface area (Å²) in [5.74, 6) is 0.328. The van der Waals surface area contributed by atoms with Gasteiger partial charge in [-0.3, -0.25) is 0 Å². The average Bonchev–Trinajstić information content (AvgIpc) is 2.25. The highest BCUT2D eigenvalue weighted by Crippen LogP contribution is 2.23. The molecule has 0 radical (unpaired) electrons. The van der Waals surface area contributed by atoms with E-state index in [4.69, 9.17) is 0 Å². The molecule has 1 heterocycles. The van der Waals surface area contributed by atoms with E-state index < -0.39 is 0 Å². The lowest BCUT2D eigenvalue weighted by atomic mass is 9.91. The minimum absolute atomic E-state index is 0.139. The molecule has 0 bridgehead atoms. The van der Waals surface area contributed by atoms with E-state index in [0.29, 0.717) is 5.92 Å². The summed E-state index contributed by atoms with van der Waals surface area (Å²) >= 11 is 0. The smallest absolute Gasteiger partial charge is 0.123 e. The van der Waals surface area contributed by atoms with Crippen molar-refractivity contribution in [2.24, 2.45) is 0 Å². The first kappa shape index (κ1) is 10.6. The molecule has 0 fully saturated rings. The predicted molar refractivity (Wildman–Crippen MR) is 59.4 cm³/mol. The molecule has 0 amide bonds. The van der Waals surface area contributed by atoms with Gasteiger partial charge in [-0.2, -0.15) is 0 Å². The van der Waals surface area contributed by atoms with Gasteiger partial charge < -0.3 is 10.6 Å². The normalized spacial score (nSPS) is 20.0. The molecule has 2 rings (SSSR count). The summed E-state index contributed by atoms with van der Waals surface area (Å²) in [4.78, 5) is 0. The van der Waals surface area contributed by atoms with Crippen LogP contribution in [-0.4, -0.2) is 19.6 Å². The van der Waals surface area contributed by atoms with Crippen molar-refractivity contribution in [3.63, 3.8) is 0 Å². The zero-order valence-electron chi connectivity index (χ0n) is 9.02. The van der Waals surface area contributed by atoms with Crippen molar-refractivity contribution in [3.8, 4) is 0 Å². The monoisotopic (exact) mass is 208 g/mol. The van der Waals surface area contributed by atoms with Crippen molar-refractivity contribution in [1.82, 2.24) is 10.6 Å². The zero-order valence-corrected chi connectivity index (χ0v) is 9.02. The highest BCUT2D eigenvalue weighted by atomic mass is 19.1. The van der Waals surface area contributed by atoms with Crippen molar-refractivity contribution >= 4 is 0 Å². The molecule has 1 unspecified atom stereocenters. The van der Waals surface area contributed by atoms with Crippen LogP contribution in [0.4, 0.5) is 4.39 Å². The number of likely N-dealkylation sites (N-methyl/N-ethyl adjacent to an activating group) is 1. The number of rotatable bonds is 3. The van der Waals surface area contributed by atoms with Gasteiger partial charge in [0.2, 0.25) is 0 Å². The Morgan fingerprint density at radius 3 is 3.20 bits per heavy atom. The molecule has 0 aromatic heterocycles. The Balaban J connectivity index is 2.18. The van der Waals surface area contributed by atoms with Crippen LogP contribution < -0.4 is 10.6 Å². The Morgan fingerprint density at radius 1 is 1.53 bits per heavy atom. The summed E-state index contributed by atoms with van der Waals surface area (Å²) in [5, 5.41) is 6.66. The molecule has 15 heavy (non-hydrogen) atoms. The van der Waals surface area contributed by atoms with E-state index in [1.807, 2.05) is 6.07 Å². The van der Waals surface area contributed by atoms with Crippen molar-refractivity contribution in [3.05, 3.63) is 35.1 Å². The fraction of sp³-hybridized carbons (Fsp3) is 0.500. The highest BCUT2D eigenvalue weighted by Gasteiger charge is 2.19. The minimum atomic E-state index is -0.139. The summed E-state index contributed by atoms with van der Waals surface area (Å²) in [6, 6.07) is 5.12. The molecule has 1 atom stereocenters. The molecular formula is C12H17FN2. The molecule has 2 nitrogen and oxygen atoms in total. The second kappa shape index (κ2) is 4.73. The largest absolute Gasteiger partial charge is 0.316 e. The third-order valence-corrected chi connectivity index (χ3v) is 2.89. The quantitative estimate of drug-likeness (QED) is 0.788. The SMILES string of the molecule is CCNCC1CNCc2cc(F)ccc21. The number of halogens is 1. The molecule has 0 spiro atoms. The van der Waals surface area contributed by atoms with Gasteiger partial charge >= 0.3 is 0 Å². The van der Waals surface area contributed by atoms with E-state index in [9.17, 15) is 4.39 Å². The van der Waals surface area contributed by atoms with Crippen molar-refractivity contribution in [2.45, 2.75) is 19.4 Å². The second-order valence-corrected chi connectivity index (χ2v) is 3.98. The van der Waals surface area contributed by atoms with E-state index in [2.05, 4.69) is 17.6 Å². The first-order chi connectivity index (χ1) is 7.31. The van der Waals surface area contributed by atoms with Crippen LogP contribution in [0.15, 0.2) is 18.2 Å². The van der Waals surface area contributed by atoms with Crippen LogP contribution in [0.5, 0.6) is 0 Å². The molecule has 3 heteroatoms. The maximum absolute atomic E-state index is 13.0. The molecule has 0 saturated carbocycles. The zero-order chi connectivity index (χ0) is 10.7. The average molecular weight is 208 g/mol. The van der Waals surface area contributed by atoms with Gasteiger partial charge in [0.1, 0.15) is 5.82 Å². The van der Waals surface area contributed by atoms with Crippen LogP contribution in [0.1, 0.15) is 24.0 Å². The second-order valence-electron chi connectivity index (χ2n) is 3.98. The Kier molecular flexibility index (Phi) is 3.34. The van der Waals surface area contributed by atoms with Crippen LogP contribution in [0.3, 0.4) is 0 Å². The third-order valence-electron chi connectivity index (χ3n) is 2.89. The van der Waals surface area contributed by atoms with Gasteiger partial charge in [0.15, 0.2) is 0 Å². The molecule has 1 aromatic carbocycles. The molecule has 2 N–H and O–H groups in total. The standard InChI is InChI=1S/C12H17FN2/c1-2-14-7-10-8-15-6-9-5-11(13)3-4-12(9)10/h3-5,10,14-15H,2,6-8H2,1H3. The number of fused-ring (bicyclic) bond motifs is 1. The Labute approximate surface area is 89.9 Å². The van der Waals surface area contributed by atoms with Crippen LogP contribution >= 0.6 is 0 Å². The third kappa shape index (κ3) is 2.36. The highest BCUT2D eigenvalue weighted by molar-refractivity contribution is 5.33. The lowest BCUT2D eigenvalue weighted by Crippen LogP contribution is -2.34. The number of hydrogen-bond acceptors (Lipinski definition) is 2. The van der Waals surface area contributed by atoms with Crippen LogP contribution in [0.2, 0.25) is 0 Å². The van der Waals surface area contributed by atoms with Gasteiger partial charge in [0.05, 0.1) is 0 Å². The van der Waals surface area contributed by atoms with Crippen molar-refractivity contribution < 1.29 is 4.39 Å². The first-order valence-electron chi connectivity index (χ1n) is 5.51. The Hall–Kier alpha value is -0.930. The maximum atomic E-state index is 13.0. The van der Waals surface area contributed by atoms with Gasteiger partial charge in [0.25, 0.3) is 0 Å². The van der Waals surface area contributed by atoms with Crippen molar-refractivity contribution in [1.29, 1.82) is 0 Å². The lowest BCUT2D eigenvalue weighted by Gasteiger charge is -2.26. The molecular weight excluding hydrogens is 191 g/mol. The van der Waals surface area contributed by atoms with Crippen molar-refractivity contribution in [2.75, 3.05) is 19.6 Å². The fourth-order valence-electron chi connectivity index (χ4n) is 2.12. The number of nitrogens with one attached hydrogen (secondary N) is 2.